The standard InChI is InChI=1S/C12H16N6/c1-2-3-9-8-6-13-5-4-10(8)17-12(16-9)11-14-7-15-18-11/h7,13H,2-6H2,1H3,(H,14,15,18). The van der Waals surface area contributed by atoms with Crippen molar-refractivity contribution < 1.29 is 0 Å². The lowest BCUT2D eigenvalue weighted by Crippen LogP contribution is -2.27. The van der Waals surface area contributed by atoms with Gasteiger partial charge in [0.2, 0.25) is 0 Å². The summed E-state index contributed by atoms with van der Waals surface area (Å²) in [5, 5.41) is 10.1. The maximum Gasteiger partial charge on any atom is 0.197 e. The van der Waals surface area contributed by atoms with Crippen molar-refractivity contribution in [1.82, 2.24) is 30.5 Å². The first kappa shape index (κ1) is 11.3. The van der Waals surface area contributed by atoms with E-state index in [0.717, 1.165) is 43.7 Å². The third kappa shape index (κ3) is 1.99. The minimum Gasteiger partial charge on any atom is -0.312 e. The average Bonchev–Trinajstić information content (AvgIpc) is 2.93. The maximum atomic E-state index is 4.63. The van der Waals surface area contributed by atoms with Gasteiger partial charge in [0, 0.05) is 30.8 Å². The lowest BCUT2D eigenvalue weighted by Gasteiger charge is -2.19. The number of hydrogen-bond donors (Lipinski definition) is 2. The lowest BCUT2D eigenvalue weighted by atomic mass is 10.0. The molecule has 1 aliphatic rings. The van der Waals surface area contributed by atoms with Crippen molar-refractivity contribution >= 4 is 0 Å². The molecule has 18 heavy (non-hydrogen) atoms. The van der Waals surface area contributed by atoms with Crippen LogP contribution in [0.25, 0.3) is 11.6 Å². The molecule has 3 heterocycles. The Morgan fingerprint density at radius 2 is 2.28 bits per heavy atom. The summed E-state index contributed by atoms with van der Waals surface area (Å²) in [7, 11) is 0. The third-order valence-electron chi connectivity index (χ3n) is 3.13. The molecule has 0 fully saturated rings. The predicted octanol–water partition coefficient (Wildman–Crippen LogP) is 0.860. The molecule has 6 heteroatoms. The van der Waals surface area contributed by atoms with E-state index in [1.165, 1.54) is 11.9 Å². The molecule has 6 nitrogen and oxygen atoms in total. The molecule has 0 spiro atoms. The minimum absolute atomic E-state index is 0.647. The molecule has 2 aromatic heterocycles. The van der Waals surface area contributed by atoms with Gasteiger partial charge >= 0.3 is 0 Å². The number of H-pyrrole nitrogens is 1. The number of nitrogens with zero attached hydrogens (tertiary/aromatic N) is 4. The average molecular weight is 244 g/mol. The predicted molar refractivity (Wildman–Crippen MR) is 66.8 cm³/mol. The molecular weight excluding hydrogens is 228 g/mol. The van der Waals surface area contributed by atoms with Crippen LogP contribution in [0.4, 0.5) is 0 Å². The molecule has 0 saturated heterocycles. The van der Waals surface area contributed by atoms with E-state index in [-0.39, 0.29) is 0 Å². The Labute approximate surface area is 105 Å². The van der Waals surface area contributed by atoms with Gasteiger partial charge in [0.05, 0.1) is 5.69 Å². The zero-order chi connectivity index (χ0) is 12.4. The number of aryl methyl sites for hydroxylation is 1. The van der Waals surface area contributed by atoms with Crippen LogP contribution in [0.15, 0.2) is 6.33 Å². The van der Waals surface area contributed by atoms with E-state index < -0.39 is 0 Å². The summed E-state index contributed by atoms with van der Waals surface area (Å²) in [6.45, 7) is 4.02. The van der Waals surface area contributed by atoms with Crippen LogP contribution in [-0.4, -0.2) is 31.7 Å². The molecule has 2 aromatic rings. The molecule has 0 aliphatic carbocycles. The summed E-state index contributed by atoms with van der Waals surface area (Å²) in [4.78, 5) is 13.4. The monoisotopic (exact) mass is 244 g/mol. The molecule has 0 atom stereocenters. The number of rotatable bonds is 3. The first-order valence-electron chi connectivity index (χ1n) is 6.33. The van der Waals surface area contributed by atoms with Crippen LogP contribution in [0.5, 0.6) is 0 Å². The number of hydrogen-bond acceptors (Lipinski definition) is 5. The highest BCUT2D eigenvalue weighted by Gasteiger charge is 2.18. The van der Waals surface area contributed by atoms with E-state index in [1.807, 2.05) is 0 Å². The normalized spacial score (nSPS) is 14.5. The van der Waals surface area contributed by atoms with Gasteiger partial charge in [-0.05, 0) is 6.42 Å². The second kappa shape index (κ2) is 4.81. The lowest BCUT2D eigenvalue weighted by molar-refractivity contribution is 0.615. The van der Waals surface area contributed by atoms with Gasteiger partial charge in [-0.3, -0.25) is 5.10 Å². The zero-order valence-electron chi connectivity index (χ0n) is 10.4. The number of aromatic nitrogens is 5. The Bertz CT molecular complexity index is 534. The van der Waals surface area contributed by atoms with Gasteiger partial charge in [-0.2, -0.15) is 5.10 Å². The van der Waals surface area contributed by atoms with Gasteiger partial charge in [-0.25, -0.2) is 15.0 Å². The van der Waals surface area contributed by atoms with Gasteiger partial charge in [0.25, 0.3) is 0 Å². The van der Waals surface area contributed by atoms with Crippen molar-refractivity contribution in [1.29, 1.82) is 0 Å². The smallest absolute Gasteiger partial charge is 0.197 e. The van der Waals surface area contributed by atoms with Crippen molar-refractivity contribution in [2.45, 2.75) is 32.7 Å². The number of fused-ring (bicyclic) bond motifs is 1. The molecule has 3 rings (SSSR count). The summed E-state index contributed by atoms with van der Waals surface area (Å²) >= 11 is 0. The highest BCUT2D eigenvalue weighted by molar-refractivity contribution is 5.45. The van der Waals surface area contributed by atoms with E-state index >= 15 is 0 Å². The Morgan fingerprint density at radius 1 is 1.33 bits per heavy atom. The second-order valence-corrected chi connectivity index (χ2v) is 4.43. The summed E-state index contributed by atoms with van der Waals surface area (Å²) in [5.41, 5.74) is 3.56. The molecule has 94 valence electrons. The molecular formula is C12H16N6. The Kier molecular flexibility index (Phi) is 3.02. The maximum absolute atomic E-state index is 4.63. The van der Waals surface area contributed by atoms with Crippen LogP contribution in [0, 0.1) is 0 Å². The van der Waals surface area contributed by atoms with Gasteiger partial charge in [0.1, 0.15) is 6.33 Å². The van der Waals surface area contributed by atoms with Crippen LogP contribution in [-0.2, 0) is 19.4 Å². The molecule has 0 radical (unpaired) electrons. The van der Waals surface area contributed by atoms with E-state index in [0.29, 0.717) is 11.6 Å². The van der Waals surface area contributed by atoms with Gasteiger partial charge in [-0.1, -0.05) is 13.3 Å². The van der Waals surface area contributed by atoms with Gasteiger partial charge in [0.15, 0.2) is 11.6 Å². The van der Waals surface area contributed by atoms with E-state index in [1.54, 1.807) is 0 Å². The largest absolute Gasteiger partial charge is 0.312 e. The molecule has 1 aliphatic heterocycles. The Morgan fingerprint density at radius 3 is 3.06 bits per heavy atom. The fraction of sp³-hybridized carbons (Fsp3) is 0.500. The number of nitrogens with one attached hydrogen (secondary N) is 2. The van der Waals surface area contributed by atoms with Crippen molar-refractivity contribution in [3.63, 3.8) is 0 Å². The summed E-state index contributed by atoms with van der Waals surface area (Å²) in [5.74, 6) is 1.31. The molecule has 0 saturated carbocycles. The fourth-order valence-corrected chi connectivity index (χ4v) is 2.28. The molecule has 0 aromatic carbocycles. The third-order valence-corrected chi connectivity index (χ3v) is 3.13. The number of aromatic amines is 1. The molecule has 0 unspecified atom stereocenters. The topological polar surface area (TPSA) is 79.4 Å². The summed E-state index contributed by atoms with van der Waals surface area (Å²) in [6, 6.07) is 0. The van der Waals surface area contributed by atoms with Crippen LogP contribution < -0.4 is 5.32 Å². The Hall–Kier alpha value is -1.82. The van der Waals surface area contributed by atoms with E-state index in [9.17, 15) is 0 Å². The zero-order valence-corrected chi connectivity index (χ0v) is 10.4. The van der Waals surface area contributed by atoms with Crippen LogP contribution in [0.3, 0.4) is 0 Å². The van der Waals surface area contributed by atoms with Crippen molar-refractivity contribution in [2.75, 3.05) is 6.54 Å². The highest BCUT2D eigenvalue weighted by Crippen LogP contribution is 2.20. The fourth-order valence-electron chi connectivity index (χ4n) is 2.28. The van der Waals surface area contributed by atoms with E-state index in [4.69, 9.17) is 0 Å². The van der Waals surface area contributed by atoms with Crippen molar-refractivity contribution in [2.24, 2.45) is 0 Å². The molecule has 2 N–H and O–H groups in total. The van der Waals surface area contributed by atoms with E-state index in [2.05, 4.69) is 37.4 Å². The van der Waals surface area contributed by atoms with Crippen molar-refractivity contribution in [3.05, 3.63) is 23.3 Å². The Balaban J connectivity index is 2.09. The molecule has 0 amide bonds. The first-order chi connectivity index (χ1) is 8.88. The summed E-state index contributed by atoms with van der Waals surface area (Å²) < 4.78 is 0. The van der Waals surface area contributed by atoms with Crippen LogP contribution in [0.1, 0.15) is 30.3 Å². The SMILES string of the molecule is CCCc1nc(-c2ncn[nH]2)nc2c1CNCC2. The highest BCUT2D eigenvalue weighted by atomic mass is 15.2. The molecule has 0 bridgehead atoms. The minimum atomic E-state index is 0.647. The van der Waals surface area contributed by atoms with Crippen LogP contribution >= 0.6 is 0 Å². The quantitative estimate of drug-likeness (QED) is 0.837. The van der Waals surface area contributed by atoms with Crippen molar-refractivity contribution in [3.8, 4) is 11.6 Å². The first-order valence-corrected chi connectivity index (χ1v) is 6.33. The second-order valence-electron chi connectivity index (χ2n) is 4.43. The van der Waals surface area contributed by atoms with Gasteiger partial charge in [-0.15, -0.1) is 0 Å². The summed E-state index contributed by atoms with van der Waals surface area (Å²) in [6.07, 6.45) is 4.50. The van der Waals surface area contributed by atoms with Crippen LogP contribution in [0.2, 0.25) is 0 Å². The van der Waals surface area contributed by atoms with Gasteiger partial charge < -0.3 is 5.32 Å².